The maximum atomic E-state index is 13.5. The van der Waals surface area contributed by atoms with Crippen molar-refractivity contribution in [3.63, 3.8) is 0 Å². The summed E-state index contributed by atoms with van der Waals surface area (Å²) < 4.78 is 49.8. The minimum Gasteiger partial charge on any atom is -0.468 e. The maximum Gasteiger partial charge on any atom is 0.287 e. The van der Waals surface area contributed by atoms with Crippen LogP contribution in [-0.4, -0.2) is 20.9 Å². The zero-order chi connectivity index (χ0) is 18.7. The van der Waals surface area contributed by atoms with Gasteiger partial charge in [0, 0.05) is 6.54 Å². The summed E-state index contributed by atoms with van der Waals surface area (Å²) in [5, 5.41) is 1.36. The van der Waals surface area contributed by atoms with Crippen molar-refractivity contribution in [3.05, 3.63) is 77.9 Å². The van der Waals surface area contributed by atoms with E-state index in [9.17, 15) is 17.6 Å². The van der Waals surface area contributed by atoms with Crippen molar-refractivity contribution in [3.8, 4) is 0 Å². The topological polar surface area (TPSA) is 89.5 Å². The first-order valence-electron chi connectivity index (χ1n) is 7.75. The van der Waals surface area contributed by atoms with Gasteiger partial charge in [0.1, 0.15) is 16.8 Å². The van der Waals surface area contributed by atoms with Crippen molar-refractivity contribution >= 4 is 15.7 Å². The molecule has 136 valence electrons. The van der Waals surface area contributed by atoms with E-state index in [1.807, 2.05) is 0 Å². The summed E-state index contributed by atoms with van der Waals surface area (Å²) in [6.45, 7) is 1.25. The van der Waals surface area contributed by atoms with Gasteiger partial charge >= 0.3 is 0 Å². The monoisotopic (exact) mass is 377 g/mol. The molecule has 3 rings (SSSR count). The molecule has 1 atom stereocenters. The summed E-state index contributed by atoms with van der Waals surface area (Å²) in [6, 6.07) is 9.64. The molecule has 0 aliphatic carbocycles. The van der Waals surface area contributed by atoms with E-state index < -0.39 is 26.8 Å². The van der Waals surface area contributed by atoms with Gasteiger partial charge in [-0.15, -0.1) is 0 Å². The van der Waals surface area contributed by atoms with Crippen molar-refractivity contribution in [2.24, 2.45) is 0 Å². The van der Waals surface area contributed by atoms with Crippen molar-refractivity contribution in [2.75, 3.05) is 6.54 Å². The van der Waals surface area contributed by atoms with E-state index in [0.29, 0.717) is 0 Å². The van der Waals surface area contributed by atoms with Gasteiger partial charge in [-0.2, -0.15) is 0 Å². The average molecular weight is 377 g/mol. The highest BCUT2D eigenvalue weighted by Crippen LogP contribution is 2.30. The number of amides is 1. The SMILES string of the molecule is Cc1cc(S(=O)(=O)[C@H](CNC(=O)c2ccco2)c2ccco2)ccc1F. The number of hydrogen-bond acceptors (Lipinski definition) is 5. The van der Waals surface area contributed by atoms with Gasteiger partial charge in [-0.3, -0.25) is 4.79 Å². The lowest BCUT2D eigenvalue weighted by molar-refractivity contribution is 0.0925. The molecular formula is C18H16FNO5S. The van der Waals surface area contributed by atoms with Crippen LogP contribution in [0.15, 0.2) is 68.7 Å². The summed E-state index contributed by atoms with van der Waals surface area (Å²) in [7, 11) is -3.93. The van der Waals surface area contributed by atoms with E-state index in [1.54, 1.807) is 12.1 Å². The van der Waals surface area contributed by atoms with Crippen LogP contribution < -0.4 is 5.32 Å². The molecule has 1 aromatic carbocycles. The molecule has 0 fully saturated rings. The number of furan rings is 2. The van der Waals surface area contributed by atoms with Crippen LogP contribution in [0.5, 0.6) is 0 Å². The Labute approximate surface area is 149 Å². The number of carbonyl (C=O) groups is 1. The number of rotatable bonds is 6. The van der Waals surface area contributed by atoms with Crippen LogP contribution in [0, 0.1) is 12.7 Å². The third kappa shape index (κ3) is 3.55. The Balaban J connectivity index is 1.90. The van der Waals surface area contributed by atoms with Gasteiger partial charge in [-0.05, 0) is 55.0 Å². The molecule has 0 radical (unpaired) electrons. The van der Waals surface area contributed by atoms with Gasteiger partial charge in [0.05, 0.1) is 17.4 Å². The summed E-state index contributed by atoms with van der Waals surface area (Å²) in [4.78, 5) is 12.0. The number of carbonyl (C=O) groups excluding carboxylic acids is 1. The van der Waals surface area contributed by atoms with Gasteiger partial charge in [0.25, 0.3) is 5.91 Å². The van der Waals surface area contributed by atoms with Gasteiger partial charge in [-0.1, -0.05) is 0 Å². The molecule has 8 heteroatoms. The molecule has 0 saturated heterocycles. The van der Waals surface area contributed by atoms with E-state index in [2.05, 4.69) is 5.32 Å². The van der Waals surface area contributed by atoms with Gasteiger partial charge in [-0.25, -0.2) is 12.8 Å². The number of hydrogen-bond donors (Lipinski definition) is 1. The Morgan fingerprint density at radius 2 is 1.88 bits per heavy atom. The molecule has 1 N–H and O–H groups in total. The number of nitrogens with one attached hydrogen (secondary N) is 1. The number of halogens is 1. The predicted molar refractivity (Wildman–Crippen MR) is 90.8 cm³/mol. The molecule has 0 bridgehead atoms. The van der Waals surface area contributed by atoms with Crippen LogP contribution in [0.25, 0.3) is 0 Å². The van der Waals surface area contributed by atoms with Crippen LogP contribution in [0.4, 0.5) is 4.39 Å². The second-order valence-corrected chi connectivity index (χ2v) is 7.78. The Kier molecular flexibility index (Phi) is 4.94. The molecule has 0 aliphatic heterocycles. The fourth-order valence-corrected chi connectivity index (χ4v) is 4.15. The number of benzene rings is 1. The summed E-state index contributed by atoms with van der Waals surface area (Å²) in [5.41, 5.74) is 0.212. The first-order chi connectivity index (χ1) is 12.4. The zero-order valence-electron chi connectivity index (χ0n) is 13.8. The zero-order valence-corrected chi connectivity index (χ0v) is 14.6. The Morgan fingerprint density at radius 1 is 1.15 bits per heavy atom. The Morgan fingerprint density at radius 3 is 2.50 bits per heavy atom. The predicted octanol–water partition coefficient (Wildman–Crippen LogP) is 3.27. The Hall–Kier alpha value is -2.87. The second kappa shape index (κ2) is 7.17. The number of sulfone groups is 1. The molecule has 6 nitrogen and oxygen atoms in total. The van der Waals surface area contributed by atoms with Gasteiger partial charge in [0.2, 0.25) is 0 Å². The molecule has 2 aromatic heterocycles. The fourth-order valence-electron chi connectivity index (χ4n) is 2.48. The minimum absolute atomic E-state index is 0.0509. The van der Waals surface area contributed by atoms with E-state index >= 15 is 0 Å². The highest BCUT2D eigenvalue weighted by atomic mass is 32.2. The lowest BCUT2D eigenvalue weighted by Crippen LogP contribution is -2.31. The molecule has 3 aromatic rings. The largest absolute Gasteiger partial charge is 0.468 e. The van der Waals surface area contributed by atoms with Crippen molar-refractivity contribution in [1.29, 1.82) is 0 Å². The summed E-state index contributed by atoms with van der Waals surface area (Å²) >= 11 is 0. The summed E-state index contributed by atoms with van der Waals surface area (Å²) in [6.07, 6.45) is 2.69. The molecule has 2 heterocycles. The highest BCUT2D eigenvalue weighted by Gasteiger charge is 2.32. The van der Waals surface area contributed by atoms with Crippen molar-refractivity contribution < 1.29 is 26.4 Å². The third-order valence-electron chi connectivity index (χ3n) is 3.89. The maximum absolute atomic E-state index is 13.5. The van der Waals surface area contributed by atoms with E-state index in [1.165, 1.54) is 43.7 Å². The van der Waals surface area contributed by atoms with Crippen LogP contribution in [0.2, 0.25) is 0 Å². The van der Waals surface area contributed by atoms with Crippen LogP contribution in [-0.2, 0) is 9.84 Å². The first-order valence-corrected chi connectivity index (χ1v) is 9.29. The molecule has 0 aliphatic rings. The quantitative estimate of drug-likeness (QED) is 0.666. The average Bonchev–Trinajstić information content (AvgIpc) is 3.30. The second-order valence-electron chi connectivity index (χ2n) is 5.65. The molecule has 0 unspecified atom stereocenters. The van der Waals surface area contributed by atoms with Crippen LogP contribution >= 0.6 is 0 Å². The number of aryl methyl sites for hydroxylation is 1. The van der Waals surface area contributed by atoms with Crippen molar-refractivity contribution in [1.82, 2.24) is 5.32 Å². The van der Waals surface area contributed by atoms with E-state index in [0.717, 1.165) is 6.07 Å². The standard InChI is InChI=1S/C18H16FNO5S/c1-12-10-13(6-7-14(12)19)26(22,23)17(15-4-2-8-24-15)11-20-18(21)16-5-3-9-25-16/h2-10,17H,11H2,1H3,(H,20,21)/t17-/m1/s1. The highest BCUT2D eigenvalue weighted by molar-refractivity contribution is 7.91. The molecule has 26 heavy (non-hydrogen) atoms. The van der Waals surface area contributed by atoms with Gasteiger partial charge in [0.15, 0.2) is 15.6 Å². The first kappa shape index (κ1) is 17.9. The fraction of sp³-hybridized carbons (Fsp3) is 0.167. The normalized spacial score (nSPS) is 12.7. The molecule has 1 amide bonds. The molecular weight excluding hydrogens is 361 g/mol. The molecule has 0 saturated carbocycles. The van der Waals surface area contributed by atoms with E-state index in [-0.39, 0.29) is 28.5 Å². The Bertz CT molecular complexity index is 994. The molecule has 0 spiro atoms. The lowest BCUT2D eigenvalue weighted by Gasteiger charge is -2.17. The van der Waals surface area contributed by atoms with Crippen LogP contribution in [0.1, 0.15) is 27.1 Å². The van der Waals surface area contributed by atoms with Crippen LogP contribution in [0.3, 0.4) is 0 Å². The van der Waals surface area contributed by atoms with Gasteiger partial charge < -0.3 is 14.2 Å². The minimum atomic E-state index is -3.93. The smallest absolute Gasteiger partial charge is 0.287 e. The summed E-state index contributed by atoms with van der Waals surface area (Å²) in [5.74, 6) is -0.799. The third-order valence-corrected chi connectivity index (χ3v) is 5.95. The van der Waals surface area contributed by atoms with E-state index in [4.69, 9.17) is 8.83 Å². The van der Waals surface area contributed by atoms with Crippen molar-refractivity contribution in [2.45, 2.75) is 17.1 Å². The lowest BCUT2D eigenvalue weighted by atomic mass is 10.2.